The van der Waals surface area contributed by atoms with Gasteiger partial charge in [0.15, 0.2) is 17.1 Å². The van der Waals surface area contributed by atoms with Gasteiger partial charge in [0, 0.05) is 52.0 Å². The van der Waals surface area contributed by atoms with Crippen LogP contribution >= 0.6 is 0 Å². The number of H-pyrrole nitrogens is 1. The van der Waals surface area contributed by atoms with Crippen molar-refractivity contribution >= 4 is 72.2 Å². The highest BCUT2D eigenvalue weighted by atomic mass is 28.3. The van der Waals surface area contributed by atoms with Crippen molar-refractivity contribution in [2.24, 2.45) is 5.73 Å². The summed E-state index contributed by atoms with van der Waals surface area (Å²) in [6.07, 6.45) is 12.3. The van der Waals surface area contributed by atoms with E-state index < -0.39 is 77.6 Å². The topological polar surface area (TPSA) is 408 Å². The van der Waals surface area contributed by atoms with E-state index in [1.807, 2.05) is 52.3 Å². The zero-order valence-electron chi connectivity index (χ0n) is 68.2. The van der Waals surface area contributed by atoms with Gasteiger partial charge in [0.1, 0.15) is 40.6 Å². The molecule has 4 aromatic heterocycles. The summed E-state index contributed by atoms with van der Waals surface area (Å²) in [5, 5.41) is 54.1. The molecule has 6 amide bonds. The van der Waals surface area contributed by atoms with Crippen LogP contribution in [0.4, 0.5) is 14.4 Å². The number of likely N-dealkylation sites (N-methyl/N-ethyl adjacent to an activating group) is 1. The molecule has 4 heterocycles. The zero-order valence-corrected chi connectivity index (χ0v) is 69.2. The fourth-order valence-electron chi connectivity index (χ4n) is 8.34. The number of nitrogens with one attached hydrogen (secondary N) is 6. The highest BCUT2D eigenvalue weighted by molar-refractivity contribution is 6.76. The monoisotopic (exact) mass is 1490 g/mol. The number of ketones is 1. The van der Waals surface area contributed by atoms with Gasteiger partial charge in [-0.3, -0.25) is 24.0 Å². The van der Waals surface area contributed by atoms with Crippen molar-refractivity contribution in [3.8, 4) is 0 Å². The summed E-state index contributed by atoms with van der Waals surface area (Å²) in [5.41, 5.74) is 5.65. The molecule has 12 N–H and O–H groups in total. The summed E-state index contributed by atoms with van der Waals surface area (Å²) in [4.78, 5) is 108. The predicted molar refractivity (Wildman–Crippen MR) is 408 cm³/mol. The number of carbonyl (C=O) groups is 7. The molecule has 0 unspecified atom stereocenters. The smallest absolute Gasteiger partial charge is 0.408 e. The van der Waals surface area contributed by atoms with Crippen molar-refractivity contribution in [2.75, 3.05) is 20.8 Å². The molecule has 0 saturated heterocycles. The molecular weight excluding hydrogens is 1350 g/mol. The molecule has 2 aliphatic rings. The molecule has 10 atom stereocenters. The Bertz CT molecular complexity index is 3370. The number of rotatable bonds is 25. The third-order valence-electron chi connectivity index (χ3n) is 17.8. The minimum absolute atomic E-state index is 0.0918. The number of nitrogens with zero attached hydrogens (tertiary/aromatic N) is 6. The van der Waals surface area contributed by atoms with Crippen LogP contribution in [0.15, 0.2) is 24.8 Å². The van der Waals surface area contributed by atoms with Gasteiger partial charge in [-0.1, -0.05) is 47.3 Å². The van der Waals surface area contributed by atoms with Crippen molar-refractivity contribution < 1.29 is 77.8 Å². The van der Waals surface area contributed by atoms with Crippen LogP contribution in [-0.4, -0.2) is 201 Å². The minimum Gasteiger partial charge on any atom is -0.444 e. The van der Waals surface area contributed by atoms with Crippen molar-refractivity contribution in [1.29, 1.82) is 0 Å². The molecule has 0 aromatic carbocycles. The number of ether oxygens (including phenoxy) is 4. The van der Waals surface area contributed by atoms with Gasteiger partial charge < -0.3 is 81.2 Å². The van der Waals surface area contributed by atoms with Gasteiger partial charge in [0.2, 0.25) is 0 Å². The van der Waals surface area contributed by atoms with Crippen LogP contribution in [0.3, 0.4) is 0 Å². The highest BCUT2D eigenvalue weighted by Gasteiger charge is 2.34. The maximum Gasteiger partial charge on any atom is 0.408 e. The number of hydroxylamine groups is 2. The second-order valence-corrected chi connectivity index (χ2v) is 37.9. The average molecular weight is 1490 g/mol. The molecule has 0 bridgehead atoms. The van der Waals surface area contributed by atoms with Crippen molar-refractivity contribution in [1.82, 2.24) is 61.1 Å². The van der Waals surface area contributed by atoms with Crippen molar-refractivity contribution in [3.05, 3.63) is 47.3 Å². The van der Waals surface area contributed by atoms with Crippen LogP contribution in [0.1, 0.15) is 261 Å². The zero-order chi connectivity index (χ0) is 80.6. The maximum atomic E-state index is 13.1. The average Bonchev–Trinajstić information content (AvgIpc) is 1.63. The van der Waals surface area contributed by atoms with Crippen LogP contribution in [0.5, 0.6) is 0 Å². The highest BCUT2D eigenvalue weighted by Crippen LogP contribution is 2.40. The molecule has 0 radical (unpaired) electrons. The number of aromatic amines is 1. The number of hydrogen-bond acceptors (Lipinski definition) is 21. The number of Topliss-reactive ketones (excluding diaryl/α,β-unsaturated/α-hetero) is 1. The van der Waals surface area contributed by atoms with Gasteiger partial charge in [-0.2, -0.15) is 0 Å². The van der Waals surface area contributed by atoms with Gasteiger partial charge in [0.25, 0.3) is 17.7 Å². The van der Waals surface area contributed by atoms with Crippen molar-refractivity contribution in [3.63, 3.8) is 0 Å². The number of nitrogens with two attached hydrogens (primary N) is 1. The number of amides is 6. The Hall–Kier alpha value is -6.93. The number of aromatic nitrogens is 6. The molecule has 2 fully saturated rings. The van der Waals surface area contributed by atoms with E-state index >= 15 is 0 Å². The summed E-state index contributed by atoms with van der Waals surface area (Å²) in [6.45, 7) is 50.2. The van der Waals surface area contributed by atoms with E-state index in [-0.39, 0.29) is 47.7 Å². The number of aliphatic hydroxyl groups is 4. The van der Waals surface area contributed by atoms with Gasteiger partial charge in [0.05, 0.1) is 88.6 Å². The summed E-state index contributed by atoms with van der Waals surface area (Å²) in [6, 6.07) is -1.31. The number of fused-ring (bicyclic) bond motifs is 2. The largest absolute Gasteiger partial charge is 0.444 e. The fraction of sp³-hybridized carbons (Fsp3) is 0.743. The Morgan fingerprint density at radius 1 is 0.596 bits per heavy atom. The first-order valence-electron chi connectivity index (χ1n) is 36.3. The van der Waals surface area contributed by atoms with Crippen LogP contribution < -0.4 is 32.3 Å². The SMILES string of the molecule is CC(=O)[C@H](C)NC(=O)OC(C)(C)C.CC[C@](C)(O)[C@H](C)N.CC[C@](C)(O)[C@H](C)NC(=O)OC(C)(C)C.CC[C@](C)(O)[C@H](C)NC(=O)c1c[nH]c2ncc(C3CC3)nc12.CC[C@](C)(O)[C@H](C)NC(=O)c1cn(COCC[Si](C)(C)C)c2ncc(C3CC3)nc12.CON(C)C(=O)[C@H](C)NC(=O)OC(C)(C)C. The van der Waals surface area contributed by atoms with E-state index in [1.165, 1.54) is 21.1 Å². The standard InChI is InChI=1S/C22H36N4O3Si.C16H22N4O2.C11H23NO3.C10H20N2O4.C9H17NO3.C6H15NO/c1-7-22(3,28)15(2)24-21(27)17-13-26(14-29-10-11-30(4,5)6)20-19(17)25-18(12-23-20)16-8-9-16;1-4-16(3,22)9(2)19-15(21)11-7-17-14-13(11)20-12(8-18-14)10-5-6-10;1-7-11(6,14)8(2)12-9(13)15-10(3,4)5;1-7(8(13)12(5)15-6)11-9(14)16-10(2,3)4;1-6(7(2)11)10-8(12)13-9(3,4)5;1-4-6(3,8)5(2)7/h12-13,15-16,28H,7-11,14H2,1-6H3,(H,24,27);7-10,22H,4-6H2,1-3H3,(H,17,18)(H,19,21);8,14H,7H2,1-6H3,(H,12,13);7H,1-6H3,(H,11,14);6H,1-5H3,(H,10,12);5,8H,4,7H2,1-3H3/t15-,22-;9-,16-;8-,11-;7-;6-;5-,6-/m000000/s1. The van der Waals surface area contributed by atoms with Crippen molar-refractivity contribution in [2.45, 2.75) is 337 Å². The molecule has 4 aromatic rings. The van der Waals surface area contributed by atoms with E-state index in [1.54, 1.807) is 136 Å². The first-order valence-corrected chi connectivity index (χ1v) is 40.0. The molecule has 594 valence electrons. The second-order valence-electron chi connectivity index (χ2n) is 32.3. The van der Waals surface area contributed by atoms with Crippen LogP contribution in [0, 0.1) is 0 Å². The summed E-state index contributed by atoms with van der Waals surface area (Å²) >= 11 is 0. The third kappa shape index (κ3) is 35.0. The molecular formula is C74H133N13O16Si. The Morgan fingerprint density at radius 2 is 0.981 bits per heavy atom. The van der Waals surface area contributed by atoms with Crippen LogP contribution in [-0.2, 0) is 40.1 Å². The molecule has 2 saturated carbocycles. The van der Waals surface area contributed by atoms with E-state index in [0.29, 0.717) is 84.3 Å². The lowest BCUT2D eigenvalue weighted by molar-refractivity contribution is -0.170. The lowest BCUT2D eigenvalue weighted by Crippen LogP contribution is -2.49. The molecule has 30 heteroatoms. The second kappa shape index (κ2) is 40.7. The first kappa shape index (κ1) is 95.1. The normalized spacial score (nSPS) is 17.0. The number of alkyl carbamates (subject to hydrolysis) is 3. The third-order valence-corrected chi connectivity index (χ3v) is 19.5. The summed E-state index contributed by atoms with van der Waals surface area (Å²) < 4.78 is 22.8. The predicted octanol–water partition coefficient (Wildman–Crippen LogP) is 11.0. The Balaban J connectivity index is 0.000000654. The molecule has 104 heavy (non-hydrogen) atoms. The molecule has 6 rings (SSSR count). The first-order chi connectivity index (χ1) is 47.4. The molecule has 2 aliphatic carbocycles. The van der Waals surface area contributed by atoms with Gasteiger partial charge in [-0.15, -0.1) is 0 Å². The Labute approximate surface area is 619 Å². The minimum atomic E-state index is -1.16. The lowest BCUT2D eigenvalue weighted by Gasteiger charge is -2.30. The molecule has 29 nitrogen and oxygen atoms in total. The van der Waals surface area contributed by atoms with Crippen LogP contribution in [0.2, 0.25) is 25.7 Å². The van der Waals surface area contributed by atoms with E-state index in [4.69, 9.17) is 34.5 Å². The van der Waals surface area contributed by atoms with E-state index in [0.717, 1.165) is 48.2 Å². The van der Waals surface area contributed by atoms with Crippen LogP contribution in [0.25, 0.3) is 22.3 Å². The number of hydrogen-bond donors (Lipinski definition) is 11. The Kier molecular flexibility index (Phi) is 37.2. The fourth-order valence-corrected chi connectivity index (χ4v) is 9.09. The maximum absolute atomic E-state index is 13.1. The lowest BCUT2D eigenvalue weighted by atomic mass is 9.95. The molecule has 0 spiro atoms. The van der Waals surface area contributed by atoms with E-state index in [9.17, 15) is 54.0 Å². The van der Waals surface area contributed by atoms with Gasteiger partial charge in [-0.05, 0) is 196 Å². The van der Waals surface area contributed by atoms with Gasteiger partial charge >= 0.3 is 18.3 Å². The quantitative estimate of drug-likeness (QED) is 0.0127. The Morgan fingerprint density at radius 3 is 1.35 bits per heavy atom. The van der Waals surface area contributed by atoms with Gasteiger partial charge in [-0.25, -0.2) is 39.4 Å². The number of carbonyl (C=O) groups excluding carboxylic acids is 7. The summed E-state index contributed by atoms with van der Waals surface area (Å²) in [5.74, 6) is 0.00891. The van der Waals surface area contributed by atoms with E-state index in [2.05, 4.69) is 66.2 Å². The summed E-state index contributed by atoms with van der Waals surface area (Å²) in [7, 11) is 1.68. The molecule has 0 aliphatic heterocycles.